The quantitative estimate of drug-likeness (QED) is 0.708. The van der Waals surface area contributed by atoms with Crippen molar-refractivity contribution in [2.24, 2.45) is 5.92 Å². The summed E-state index contributed by atoms with van der Waals surface area (Å²) in [5.41, 5.74) is 0. The zero-order chi connectivity index (χ0) is 9.97. The second kappa shape index (κ2) is 4.30. The number of amides is 1. The molecule has 0 radical (unpaired) electrons. The number of hydrogen-bond donors (Lipinski definition) is 2. The summed E-state index contributed by atoms with van der Waals surface area (Å²) in [6.45, 7) is 3.12. The van der Waals surface area contributed by atoms with E-state index in [4.69, 9.17) is 0 Å². The lowest BCUT2D eigenvalue weighted by Crippen LogP contribution is -2.46. The number of hydrogen-bond acceptors (Lipinski definition) is 2. The fourth-order valence-corrected chi connectivity index (χ4v) is 2.05. The van der Waals surface area contributed by atoms with Gasteiger partial charge in [-0.3, -0.25) is 4.79 Å². The van der Waals surface area contributed by atoms with Crippen LogP contribution in [0.5, 0.6) is 0 Å². The molecule has 80 valence electrons. The van der Waals surface area contributed by atoms with Crippen molar-refractivity contribution in [2.45, 2.75) is 51.1 Å². The Morgan fingerprint density at radius 2 is 2.14 bits per heavy atom. The van der Waals surface area contributed by atoms with Crippen LogP contribution >= 0.6 is 0 Å². The summed E-state index contributed by atoms with van der Waals surface area (Å²) < 4.78 is 0. The average molecular weight is 196 g/mol. The van der Waals surface area contributed by atoms with Crippen molar-refractivity contribution in [2.75, 3.05) is 6.54 Å². The fraction of sp³-hybridized carbons (Fsp3) is 0.909. The minimum Gasteiger partial charge on any atom is -0.353 e. The fourth-order valence-electron chi connectivity index (χ4n) is 2.05. The van der Waals surface area contributed by atoms with Crippen LogP contribution < -0.4 is 10.6 Å². The molecule has 3 nitrogen and oxygen atoms in total. The highest BCUT2D eigenvalue weighted by Gasteiger charge is 2.29. The Morgan fingerprint density at radius 3 is 2.71 bits per heavy atom. The van der Waals surface area contributed by atoms with Crippen molar-refractivity contribution in [1.29, 1.82) is 0 Å². The lowest BCUT2D eigenvalue weighted by atomic mass is 9.93. The molecule has 3 heteroatoms. The summed E-state index contributed by atoms with van der Waals surface area (Å²) in [5.74, 6) is 0.378. The summed E-state index contributed by atoms with van der Waals surface area (Å²) in [5, 5.41) is 6.50. The maximum absolute atomic E-state index is 11.7. The molecule has 1 amide bonds. The summed E-state index contributed by atoms with van der Waals surface area (Å²) in [4.78, 5) is 11.7. The third-order valence-corrected chi connectivity index (χ3v) is 3.29. The molecule has 0 unspecified atom stereocenters. The molecule has 0 spiro atoms. The minimum atomic E-state index is 0.135. The highest BCUT2D eigenvalue weighted by Crippen LogP contribution is 2.21. The first-order chi connectivity index (χ1) is 6.77. The van der Waals surface area contributed by atoms with Gasteiger partial charge in [0.2, 0.25) is 5.91 Å². The molecule has 0 aromatic rings. The lowest BCUT2D eigenvalue weighted by molar-refractivity contribution is -0.125. The van der Waals surface area contributed by atoms with Gasteiger partial charge in [0, 0.05) is 12.1 Å². The number of nitrogens with one attached hydrogen (secondary N) is 2. The van der Waals surface area contributed by atoms with Crippen LogP contribution in [-0.4, -0.2) is 24.5 Å². The van der Waals surface area contributed by atoms with Crippen LogP contribution in [0, 0.1) is 5.92 Å². The Bertz CT molecular complexity index is 207. The zero-order valence-electron chi connectivity index (χ0n) is 8.88. The molecule has 0 aromatic carbocycles. The molecule has 1 saturated heterocycles. The number of rotatable bonds is 3. The van der Waals surface area contributed by atoms with Gasteiger partial charge in [0.05, 0.1) is 5.92 Å². The van der Waals surface area contributed by atoms with Crippen LogP contribution in [0.2, 0.25) is 0 Å². The minimum absolute atomic E-state index is 0.135. The standard InChI is InChI=1S/C11H20N2O/c1-8(10-4-2-3-7-12-10)11(14)13-9-5-6-9/h8-10,12H,2-7H2,1H3,(H,13,14)/t8-,10+/m0/s1. The van der Waals surface area contributed by atoms with Gasteiger partial charge in [0.1, 0.15) is 0 Å². The highest BCUT2D eigenvalue weighted by atomic mass is 16.2. The maximum Gasteiger partial charge on any atom is 0.224 e. The van der Waals surface area contributed by atoms with Crippen molar-refractivity contribution >= 4 is 5.91 Å². The predicted molar refractivity (Wildman–Crippen MR) is 56.0 cm³/mol. The van der Waals surface area contributed by atoms with Crippen molar-refractivity contribution < 1.29 is 4.79 Å². The van der Waals surface area contributed by atoms with E-state index in [0.29, 0.717) is 12.1 Å². The maximum atomic E-state index is 11.7. The van der Waals surface area contributed by atoms with Gasteiger partial charge in [-0.05, 0) is 32.2 Å². The number of carbonyl (C=O) groups excluding carboxylic acids is 1. The first-order valence-electron chi connectivity index (χ1n) is 5.81. The van der Waals surface area contributed by atoms with Gasteiger partial charge in [-0.25, -0.2) is 0 Å². The lowest BCUT2D eigenvalue weighted by Gasteiger charge is -2.28. The van der Waals surface area contributed by atoms with E-state index in [-0.39, 0.29) is 11.8 Å². The van der Waals surface area contributed by atoms with Gasteiger partial charge >= 0.3 is 0 Å². The molecular formula is C11H20N2O. The molecule has 2 fully saturated rings. The molecule has 2 aliphatic rings. The molecule has 14 heavy (non-hydrogen) atoms. The smallest absolute Gasteiger partial charge is 0.224 e. The monoisotopic (exact) mass is 196 g/mol. The van der Waals surface area contributed by atoms with Crippen LogP contribution in [0.4, 0.5) is 0 Å². The topological polar surface area (TPSA) is 41.1 Å². The highest BCUT2D eigenvalue weighted by molar-refractivity contribution is 5.79. The second-order valence-electron chi connectivity index (χ2n) is 4.63. The van der Waals surface area contributed by atoms with E-state index < -0.39 is 0 Å². The molecule has 2 N–H and O–H groups in total. The van der Waals surface area contributed by atoms with E-state index in [9.17, 15) is 4.79 Å². The van der Waals surface area contributed by atoms with Crippen LogP contribution in [0.3, 0.4) is 0 Å². The third kappa shape index (κ3) is 2.47. The van der Waals surface area contributed by atoms with E-state index in [0.717, 1.165) is 13.0 Å². The Labute approximate surface area is 85.6 Å². The van der Waals surface area contributed by atoms with Gasteiger partial charge < -0.3 is 10.6 Å². The van der Waals surface area contributed by atoms with E-state index >= 15 is 0 Å². The molecule has 1 saturated carbocycles. The zero-order valence-corrected chi connectivity index (χ0v) is 8.88. The van der Waals surface area contributed by atoms with Crippen molar-refractivity contribution in [3.63, 3.8) is 0 Å². The summed E-state index contributed by atoms with van der Waals surface area (Å²) in [6.07, 6.45) is 6.03. The summed E-state index contributed by atoms with van der Waals surface area (Å²) >= 11 is 0. The van der Waals surface area contributed by atoms with Crippen molar-refractivity contribution in [1.82, 2.24) is 10.6 Å². The van der Waals surface area contributed by atoms with Gasteiger partial charge in [-0.1, -0.05) is 13.3 Å². The Balaban J connectivity index is 1.78. The molecule has 0 bridgehead atoms. The van der Waals surface area contributed by atoms with Crippen LogP contribution in [0.15, 0.2) is 0 Å². The molecule has 2 rings (SSSR count). The Morgan fingerprint density at radius 1 is 1.36 bits per heavy atom. The normalized spacial score (nSPS) is 29.6. The van der Waals surface area contributed by atoms with Crippen LogP contribution in [0.25, 0.3) is 0 Å². The summed E-state index contributed by atoms with van der Waals surface area (Å²) in [7, 11) is 0. The van der Waals surface area contributed by atoms with E-state index in [2.05, 4.69) is 10.6 Å². The molecule has 0 aromatic heterocycles. The number of piperidine rings is 1. The molecular weight excluding hydrogens is 176 g/mol. The molecule has 1 aliphatic heterocycles. The van der Waals surface area contributed by atoms with Crippen LogP contribution in [0.1, 0.15) is 39.0 Å². The average Bonchev–Trinajstić information content (AvgIpc) is 3.02. The van der Waals surface area contributed by atoms with Gasteiger partial charge in [-0.2, -0.15) is 0 Å². The summed E-state index contributed by atoms with van der Waals surface area (Å²) in [6, 6.07) is 0.899. The van der Waals surface area contributed by atoms with Crippen molar-refractivity contribution in [3.8, 4) is 0 Å². The first kappa shape index (κ1) is 9.97. The van der Waals surface area contributed by atoms with Crippen molar-refractivity contribution in [3.05, 3.63) is 0 Å². The van der Waals surface area contributed by atoms with Gasteiger partial charge in [0.25, 0.3) is 0 Å². The van der Waals surface area contributed by atoms with E-state index in [1.165, 1.54) is 25.7 Å². The SMILES string of the molecule is C[C@H](C(=O)NC1CC1)[C@H]1CCCCN1. The second-order valence-corrected chi connectivity index (χ2v) is 4.63. The van der Waals surface area contributed by atoms with E-state index in [1.807, 2.05) is 6.92 Å². The number of carbonyl (C=O) groups is 1. The largest absolute Gasteiger partial charge is 0.353 e. The molecule has 2 atom stereocenters. The third-order valence-electron chi connectivity index (χ3n) is 3.29. The molecule has 1 aliphatic carbocycles. The first-order valence-corrected chi connectivity index (χ1v) is 5.81. The molecule has 1 heterocycles. The van der Waals surface area contributed by atoms with Gasteiger partial charge in [0.15, 0.2) is 0 Å². The van der Waals surface area contributed by atoms with E-state index in [1.54, 1.807) is 0 Å². The van der Waals surface area contributed by atoms with Gasteiger partial charge in [-0.15, -0.1) is 0 Å². The Kier molecular flexibility index (Phi) is 3.06. The predicted octanol–water partition coefficient (Wildman–Crippen LogP) is 1.04. The Hall–Kier alpha value is -0.570. The van der Waals surface area contributed by atoms with Crippen LogP contribution in [-0.2, 0) is 4.79 Å².